The predicted molar refractivity (Wildman–Crippen MR) is 87.7 cm³/mol. The van der Waals surface area contributed by atoms with E-state index in [4.69, 9.17) is 9.84 Å². The van der Waals surface area contributed by atoms with Crippen LogP contribution in [0.25, 0.3) is 10.2 Å². The Labute approximate surface area is 133 Å². The topological polar surface area (TPSA) is 58.5 Å². The molecule has 5 nitrogen and oxygen atoms in total. The number of aliphatic hydroxyl groups excluding tert-OH is 1. The van der Waals surface area contributed by atoms with Gasteiger partial charge in [-0.3, -0.25) is 0 Å². The van der Waals surface area contributed by atoms with Crippen LogP contribution >= 0.6 is 11.3 Å². The Morgan fingerprint density at radius 2 is 2.27 bits per heavy atom. The lowest BCUT2D eigenvalue weighted by atomic mass is 10.1. The number of ether oxygens (including phenoxy) is 1. The summed E-state index contributed by atoms with van der Waals surface area (Å²) < 4.78 is 5.74. The molecule has 3 heterocycles. The Morgan fingerprint density at radius 3 is 3.18 bits per heavy atom. The normalized spacial score (nSPS) is 21.5. The molecule has 2 aromatic rings. The van der Waals surface area contributed by atoms with Gasteiger partial charge in [0.25, 0.3) is 0 Å². The number of piperidine rings is 1. The molecule has 0 aromatic carbocycles. The Morgan fingerprint density at radius 1 is 1.32 bits per heavy atom. The minimum Gasteiger partial charge on any atom is -0.394 e. The van der Waals surface area contributed by atoms with Crippen molar-refractivity contribution < 1.29 is 9.84 Å². The number of aliphatic hydroxyl groups is 1. The molecule has 0 spiro atoms. The summed E-state index contributed by atoms with van der Waals surface area (Å²) in [5.41, 5.74) is 1.48. The number of fused-ring (bicyclic) bond motifs is 3. The fourth-order valence-corrected chi connectivity index (χ4v) is 4.86. The van der Waals surface area contributed by atoms with Gasteiger partial charge in [0.1, 0.15) is 17.0 Å². The van der Waals surface area contributed by atoms with Crippen molar-refractivity contribution in [1.29, 1.82) is 0 Å². The molecule has 1 aliphatic heterocycles. The van der Waals surface area contributed by atoms with E-state index in [1.165, 1.54) is 28.7 Å². The molecular formula is C16H21N3O2S. The van der Waals surface area contributed by atoms with E-state index in [0.717, 1.165) is 43.0 Å². The van der Waals surface area contributed by atoms with Crippen molar-refractivity contribution in [1.82, 2.24) is 9.97 Å². The van der Waals surface area contributed by atoms with Gasteiger partial charge in [0.05, 0.1) is 24.7 Å². The number of thiophene rings is 1. The van der Waals surface area contributed by atoms with Crippen LogP contribution in [0.1, 0.15) is 29.7 Å². The van der Waals surface area contributed by atoms with Gasteiger partial charge in [0, 0.05) is 18.0 Å². The average molecular weight is 319 g/mol. The molecule has 1 aliphatic carbocycles. The van der Waals surface area contributed by atoms with E-state index >= 15 is 0 Å². The van der Waals surface area contributed by atoms with Crippen LogP contribution in [0, 0.1) is 0 Å². The first-order valence-electron chi connectivity index (χ1n) is 8.09. The zero-order valence-corrected chi connectivity index (χ0v) is 13.4. The van der Waals surface area contributed by atoms with Crippen molar-refractivity contribution in [3.05, 3.63) is 16.8 Å². The van der Waals surface area contributed by atoms with Crippen LogP contribution in [0.5, 0.6) is 0 Å². The summed E-state index contributed by atoms with van der Waals surface area (Å²) in [6.07, 6.45) is 7.67. The third-order valence-electron chi connectivity index (χ3n) is 4.60. The summed E-state index contributed by atoms with van der Waals surface area (Å²) in [6, 6.07) is 0. The number of hydrogen-bond donors (Lipinski definition) is 1. The summed E-state index contributed by atoms with van der Waals surface area (Å²) in [6.45, 7) is 2.39. The summed E-state index contributed by atoms with van der Waals surface area (Å²) in [7, 11) is 0. The Balaban J connectivity index is 1.65. The molecule has 0 radical (unpaired) electrons. The molecule has 0 saturated carbocycles. The third kappa shape index (κ3) is 2.49. The van der Waals surface area contributed by atoms with Gasteiger partial charge < -0.3 is 14.7 Å². The molecule has 4 rings (SSSR count). The Bertz CT molecular complexity index is 673. The highest BCUT2D eigenvalue weighted by molar-refractivity contribution is 7.19. The maximum atomic E-state index is 8.94. The standard InChI is InChI=1S/C16H21N3O2S/c20-7-8-21-11-3-2-6-19(9-11)15-14-12-4-1-5-13(12)22-16(14)18-10-17-15/h10-11,20H,1-9H2. The zero-order chi connectivity index (χ0) is 14.9. The van der Waals surface area contributed by atoms with Crippen LogP contribution in [0.3, 0.4) is 0 Å². The van der Waals surface area contributed by atoms with Crippen LogP contribution in [-0.4, -0.2) is 47.5 Å². The Hall–Kier alpha value is -1.24. The molecule has 22 heavy (non-hydrogen) atoms. The van der Waals surface area contributed by atoms with Gasteiger partial charge in [-0.25, -0.2) is 9.97 Å². The van der Waals surface area contributed by atoms with Gasteiger partial charge in [0.15, 0.2) is 0 Å². The predicted octanol–water partition coefficient (Wildman–Crippen LogP) is 2.16. The Kier molecular flexibility index (Phi) is 3.98. The van der Waals surface area contributed by atoms with Crippen LogP contribution in [0.15, 0.2) is 6.33 Å². The lowest BCUT2D eigenvalue weighted by Crippen LogP contribution is -2.40. The third-order valence-corrected chi connectivity index (χ3v) is 5.80. The van der Waals surface area contributed by atoms with E-state index in [9.17, 15) is 0 Å². The van der Waals surface area contributed by atoms with Gasteiger partial charge in [0.2, 0.25) is 0 Å². The first-order valence-corrected chi connectivity index (χ1v) is 8.91. The average Bonchev–Trinajstić information content (AvgIpc) is 3.13. The molecule has 1 unspecified atom stereocenters. The number of nitrogens with zero attached hydrogens (tertiary/aromatic N) is 3. The SMILES string of the molecule is OCCOC1CCCN(c2ncnc3sc4c(c23)CCC4)C1. The van der Waals surface area contributed by atoms with E-state index in [1.54, 1.807) is 6.33 Å². The highest BCUT2D eigenvalue weighted by atomic mass is 32.1. The second-order valence-corrected chi connectivity index (χ2v) is 7.12. The van der Waals surface area contributed by atoms with Gasteiger partial charge in [-0.2, -0.15) is 0 Å². The lowest BCUT2D eigenvalue weighted by Gasteiger charge is -2.33. The van der Waals surface area contributed by atoms with Gasteiger partial charge in [-0.05, 0) is 37.7 Å². The van der Waals surface area contributed by atoms with Crippen LogP contribution in [0.2, 0.25) is 0 Å². The number of anilines is 1. The van der Waals surface area contributed by atoms with Crippen molar-refractivity contribution >= 4 is 27.4 Å². The smallest absolute Gasteiger partial charge is 0.141 e. The van der Waals surface area contributed by atoms with E-state index in [-0.39, 0.29) is 12.7 Å². The van der Waals surface area contributed by atoms with Crippen LogP contribution < -0.4 is 4.90 Å². The monoisotopic (exact) mass is 319 g/mol. The highest BCUT2D eigenvalue weighted by Crippen LogP contribution is 2.40. The molecular weight excluding hydrogens is 298 g/mol. The first kappa shape index (κ1) is 14.4. The number of rotatable bonds is 4. The number of hydrogen-bond acceptors (Lipinski definition) is 6. The van der Waals surface area contributed by atoms with E-state index in [0.29, 0.717) is 6.61 Å². The first-order chi connectivity index (χ1) is 10.9. The minimum atomic E-state index is 0.0896. The fourth-order valence-electron chi connectivity index (χ4n) is 3.64. The van der Waals surface area contributed by atoms with Gasteiger partial charge >= 0.3 is 0 Å². The van der Waals surface area contributed by atoms with E-state index in [1.807, 2.05) is 11.3 Å². The van der Waals surface area contributed by atoms with Crippen LogP contribution in [0.4, 0.5) is 5.82 Å². The van der Waals surface area contributed by atoms with Crippen molar-refractivity contribution in [3.8, 4) is 0 Å². The molecule has 1 saturated heterocycles. The number of aromatic nitrogens is 2. The largest absolute Gasteiger partial charge is 0.394 e. The van der Waals surface area contributed by atoms with Gasteiger partial charge in [-0.15, -0.1) is 11.3 Å². The highest BCUT2D eigenvalue weighted by Gasteiger charge is 2.27. The maximum Gasteiger partial charge on any atom is 0.141 e. The van der Waals surface area contributed by atoms with Crippen LogP contribution in [-0.2, 0) is 17.6 Å². The molecule has 1 atom stereocenters. The maximum absolute atomic E-state index is 8.94. The van der Waals surface area contributed by atoms with Crippen molar-refractivity contribution in [2.75, 3.05) is 31.2 Å². The van der Waals surface area contributed by atoms with Crippen molar-refractivity contribution in [2.45, 2.75) is 38.2 Å². The second kappa shape index (κ2) is 6.10. The molecule has 1 N–H and O–H groups in total. The molecule has 1 fully saturated rings. The molecule has 0 amide bonds. The second-order valence-electron chi connectivity index (χ2n) is 6.04. The molecule has 2 aromatic heterocycles. The molecule has 118 valence electrons. The summed E-state index contributed by atoms with van der Waals surface area (Å²) >= 11 is 1.84. The quantitative estimate of drug-likeness (QED) is 0.936. The van der Waals surface area contributed by atoms with Crippen molar-refractivity contribution in [2.24, 2.45) is 0 Å². The lowest BCUT2D eigenvalue weighted by molar-refractivity contribution is 0.0214. The van der Waals surface area contributed by atoms with Gasteiger partial charge in [-0.1, -0.05) is 0 Å². The van der Waals surface area contributed by atoms with E-state index in [2.05, 4.69) is 14.9 Å². The summed E-state index contributed by atoms with van der Waals surface area (Å²) in [5.74, 6) is 1.08. The number of aryl methyl sites for hydroxylation is 2. The zero-order valence-electron chi connectivity index (χ0n) is 12.6. The fraction of sp³-hybridized carbons (Fsp3) is 0.625. The summed E-state index contributed by atoms with van der Waals surface area (Å²) in [4.78, 5) is 14.1. The van der Waals surface area contributed by atoms with Crippen molar-refractivity contribution in [3.63, 3.8) is 0 Å². The molecule has 6 heteroatoms. The minimum absolute atomic E-state index is 0.0896. The molecule has 2 aliphatic rings. The van der Waals surface area contributed by atoms with E-state index < -0.39 is 0 Å². The summed E-state index contributed by atoms with van der Waals surface area (Å²) in [5, 5.41) is 10.2. The molecule has 0 bridgehead atoms.